The molecule has 0 spiro atoms. The molecular formula is C14H14ClN3O3. The SMILES string of the molecule is COC(=O)c1ccc(NCc2c(Cl)cccc2OC)nn1. The molecule has 1 aromatic carbocycles. The molecule has 0 fully saturated rings. The molecular weight excluding hydrogens is 294 g/mol. The van der Waals surface area contributed by atoms with E-state index in [2.05, 4.69) is 20.3 Å². The lowest BCUT2D eigenvalue weighted by Gasteiger charge is -2.11. The number of ether oxygens (including phenoxy) is 2. The standard InChI is InChI=1S/C14H14ClN3O3/c1-20-12-5-3-4-10(15)9(12)8-16-13-7-6-11(17-18-13)14(19)21-2/h3-7H,8H2,1-2H3,(H,16,18). The number of aromatic nitrogens is 2. The van der Waals surface area contributed by atoms with E-state index < -0.39 is 5.97 Å². The lowest BCUT2D eigenvalue weighted by atomic mass is 10.2. The summed E-state index contributed by atoms with van der Waals surface area (Å²) in [5, 5.41) is 11.3. The second-order valence-corrected chi connectivity index (χ2v) is 4.48. The van der Waals surface area contributed by atoms with Gasteiger partial charge in [0.2, 0.25) is 0 Å². The predicted octanol–water partition coefficient (Wildman–Crippen LogP) is 2.54. The Hall–Kier alpha value is -2.34. The van der Waals surface area contributed by atoms with Gasteiger partial charge in [-0.15, -0.1) is 10.2 Å². The van der Waals surface area contributed by atoms with Crippen molar-refractivity contribution in [2.75, 3.05) is 19.5 Å². The quantitative estimate of drug-likeness (QED) is 0.856. The van der Waals surface area contributed by atoms with Crippen molar-refractivity contribution in [1.82, 2.24) is 10.2 Å². The van der Waals surface area contributed by atoms with Gasteiger partial charge in [-0.05, 0) is 24.3 Å². The highest BCUT2D eigenvalue weighted by molar-refractivity contribution is 6.31. The Morgan fingerprint density at radius 2 is 2.05 bits per heavy atom. The van der Waals surface area contributed by atoms with Crippen LogP contribution in [0.25, 0.3) is 0 Å². The zero-order chi connectivity index (χ0) is 15.2. The molecule has 0 atom stereocenters. The van der Waals surface area contributed by atoms with E-state index in [1.54, 1.807) is 19.2 Å². The maximum Gasteiger partial charge on any atom is 0.358 e. The van der Waals surface area contributed by atoms with E-state index in [-0.39, 0.29) is 5.69 Å². The molecule has 0 saturated heterocycles. The first kappa shape index (κ1) is 15.1. The molecule has 0 amide bonds. The predicted molar refractivity (Wildman–Crippen MR) is 78.7 cm³/mol. The van der Waals surface area contributed by atoms with E-state index in [1.807, 2.05) is 12.1 Å². The molecule has 0 bridgehead atoms. The van der Waals surface area contributed by atoms with Gasteiger partial charge >= 0.3 is 5.97 Å². The number of hydrogen-bond acceptors (Lipinski definition) is 6. The third-order valence-corrected chi connectivity index (χ3v) is 3.16. The molecule has 0 saturated carbocycles. The van der Waals surface area contributed by atoms with Crippen LogP contribution in [0.2, 0.25) is 5.02 Å². The van der Waals surface area contributed by atoms with E-state index in [1.165, 1.54) is 13.2 Å². The third-order valence-electron chi connectivity index (χ3n) is 2.80. The van der Waals surface area contributed by atoms with Crippen LogP contribution in [-0.2, 0) is 11.3 Å². The Labute approximate surface area is 127 Å². The maximum atomic E-state index is 11.3. The monoisotopic (exact) mass is 307 g/mol. The van der Waals surface area contributed by atoms with Crippen LogP contribution in [0.3, 0.4) is 0 Å². The number of carbonyl (C=O) groups excluding carboxylic acids is 1. The van der Waals surface area contributed by atoms with Crippen molar-refractivity contribution in [2.45, 2.75) is 6.54 Å². The number of esters is 1. The molecule has 1 N–H and O–H groups in total. The molecule has 0 aliphatic rings. The number of nitrogens with zero attached hydrogens (tertiary/aromatic N) is 2. The van der Waals surface area contributed by atoms with Crippen LogP contribution in [-0.4, -0.2) is 30.4 Å². The summed E-state index contributed by atoms with van der Waals surface area (Å²) in [4.78, 5) is 11.3. The molecule has 1 aromatic heterocycles. The summed E-state index contributed by atoms with van der Waals surface area (Å²) in [6.07, 6.45) is 0. The van der Waals surface area contributed by atoms with E-state index in [0.717, 1.165) is 5.56 Å². The van der Waals surface area contributed by atoms with E-state index in [4.69, 9.17) is 16.3 Å². The summed E-state index contributed by atoms with van der Waals surface area (Å²) in [6.45, 7) is 0.426. The first-order valence-corrected chi connectivity index (χ1v) is 6.50. The Kier molecular flexibility index (Phi) is 4.94. The molecule has 7 heteroatoms. The summed E-state index contributed by atoms with van der Waals surface area (Å²) in [5.41, 5.74) is 0.971. The summed E-state index contributed by atoms with van der Waals surface area (Å²) in [7, 11) is 2.87. The van der Waals surface area contributed by atoms with Gasteiger partial charge in [0, 0.05) is 17.1 Å². The fourth-order valence-electron chi connectivity index (χ4n) is 1.72. The van der Waals surface area contributed by atoms with Gasteiger partial charge in [-0.25, -0.2) is 4.79 Å². The first-order valence-electron chi connectivity index (χ1n) is 6.13. The maximum absolute atomic E-state index is 11.3. The molecule has 2 aromatic rings. The summed E-state index contributed by atoms with van der Waals surface area (Å²) >= 11 is 6.14. The van der Waals surface area contributed by atoms with Gasteiger partial charge in [0.1, 0.15) is 11.6 Å². The minimum absolute atomic E-state index is 0.151. The van der Waals surface area contributed by atoms with E-state index in [0.29, 0.717) is 23.1 Å². The minimum atomic E-state index is -0.526. The molecule has 0 radical (unpaired) electrons. The molecule has 1 heterocycles. The third kappa shape index (κ3) is 3.61. The van der Waals surface area contributed by atoms with Crippen LogP contribution in [0.15, 0.2) is 30.3 Å². The molecule has 0 aliphatic carbocycles. The Morgan fingerprint density at radius 3 is 2.67 bits per heavy atom. The largest absolute Gasteiger partial charge is 0.496 e. The summed E-state index contributed by atoms with van der Waals surface area (Å²) < 4.78 is 9.81. The molecule has 6 nitrogen and oxygen atoms in total. The topological polar surface area (TPSA) is 73.3 Å². The van der Waals surface area contributed by atoms with Crippen molar-refractivity contribution >= 4 is 23.4 Å². The molecule has 110 valence electrons. The van der Waals surface area contributed by atoms with Crippen molar-refractivity contribution in [2.24, 2.45) is 0 Å². The Balaban J connectivity index is 2.08. The van der Waals surface area contributed by atoms with Crippen molar-refractivity contribution in [1.29, 1.82) is 0 Å². The summed E-state index contributed by atoms with van der Waals surface area (Å²) in [6, 6.07) is 8.60. The van der Waals surface area contributed by atoms with Crippen LogP contribution in [0.4, 0.5) is 5.82 Å². The van der Waals surface area contributed by atoms with Gasteiger partial charge in [0.25, 0.3) is 0 Å². The van der Waals surface area contributed by atoms with E-state index in [9.17, 15) is 4.79 Å². The second-order valence-electron chi connectivity index (χ2n) is 4.07. The second kappa shape index (κ2) is 6.90. The van der Waals surface area contributed by atoms with Crippen LogP contribution >= 0.6 is 11.6 Å². The average molecular weight is 308 g/mol. The van der Waals surface area contributed by atoms with Crippen molar-refractivity contribution < 1.29 is 14.3 Å². The first-order chi connectivity index (χ1) is 10.2. The zero-order valence-electron chi connectivity index (χ0n) is 11.6. The number of rotatable bonds is 5. The highest BCUT2D eigenvalue weighted by Gasteiger charge is 2.09. The lowest BCUT2D eigenvalue weighted by Crippen LogP contribution is -2.08. The van der Waals surface area contributed by atoms with Gasteiger partial charge in [-0.3, -0.25) is 0 Å². The number of nitrogens with one attached hydrogen (secondary N) is 1. The summed E-state index contributed by atoms with van der Waals surface area (Å²) in [5.74, 6) is 0.681. The highest BCUT2D eigenvalue weighted by atomic mass is 35.5. The number of halogens is 1. The van der Waals surface area contributed by atoms with Gasteiger partial charge in [-0.1, -0.05) is 17.7 Å². The normalized spacial score (nSPS) is 10.0. The number of carbonyl (C=O) groups is 1. The Morgan fingerprint density at radius 1 is 1.24 bits per heavy atom. The molecule has 0 unspecified atom stereocenters. The smallest absolute Gasteiger partial charge is 0.358 e. The van der Waals surface area contributed by atoms with Crippen LogP contribution < -0.4 is 10.1 Å². The van der Waals surface area contributed by atoms with Crippen LogP contribution in [0.5, 0.6) is 5.75 Å². The highest BCUT2D eigenvalue weighted by Crippen LogP contribution is 2.26. The van der Waals surface area contributed by atoms with Crippen LogP contribution in [0.1, 0.15) is 16.1 Å². The van der Waals surface area contributed by atoms with Gasteiger partial charge in [0.15, 0.2) is 5.69 Å². The van der Waals surface area contributed by atoms with Crippen molar-refractivity contribution in [3.63, 3.8) is 0 Å². The van der Waals surface area contributed by atoms with Crippen molar-refractivity contribution in [3.8, 4) is 5.75 Å². The molecule has 2 rings (SSSR count). The van der Waals surface area contributed by atoms with Crippen LogP contribution in [0, 0.1) is 0 Å². The molecule has 21 heavy (non-hydrogen) atoms. The lowest BCUT2D eigenvalue weighted by molar-refractivity contribution is 0.0593. The fourth-order valence-corrected chi connectivity index (χ4v) is 1.95. The van der Waals surface area contributed by atoms with Gasteiger partial charge < -0.3 is 14.8 Å². The fraction of sp³-hybridized carbons (Fsp3) is 0.214. The number of methoxy groups -OCH3 is 2. The van der Waals surface area contributed by atoms with Crippen molar-refractivity contribution in [3.05, 3.63) is 46.6 Å². The zero-order valence-corrected chi connectivity index (χ0v) is 12.3. The van der Waals surface area contributed by atoms with Gasteiger partial charge in [-0.2, -0.15) is 0 Å². The number of anilines is 1. The van der Waals surface area contributed by atoms with E-state index >= 15 is 0 Å². The average Bonchev–Trinajstić information content (AvgIpc) is 2.53. The minimum Gasteiger partial charge on any atom is -0.496 e. The number of benzene rings is 1. The number of hydrogen-bond donors (Lipinski definition) is 1. The van der Waals surface area contributed by atoms with Gasteiger partial charge in [0.05, 0.1) is 14.2 Å². The Bertz CT molecular complexity index is 632. The molecule has 0 aliphatic heterocycles.